The summed E-state index contributed by atoms with van der Waals surface area (Å²) < 4.78 is 18.0. The van der Waals surface area contributed by atoms with Crippen molar-refractivity contribution >= 4 is 13.2 Å². The molecule has 1 N–H and O–H groups in total. The molecule has 136 valence electrons. The second-order valence-corrected chi connectivity index (χ2v) is 9.46. The van der Waals surface area contributed by atoms with Gasteiger partial charge in [0, 0.05) is 6.54 Å². The van der Waals surface area contributed by atoms with Gasteiger partial charge in [-0.1, -0.05) is 13.8 Å². The maximum Gasteiger partial charge on any atom is 0.457 e. The van der Waals surface area contributed by atoms with Gasteiger partial charge in [-0.05, 0) is 71.0 Å². The SMILES string of the molecule is CC(C)(C)OC(=O)NCCCB1O[C@]23C[C@H](CC[C@]2(C)O1)C3(C)C. The minimum absolute atomic E-state index is 0.119. The predicted molar refractivity (Wildman–Crippen MR) is 93.8 cm³/mol. The Bertz CT molecular complexity index is 518. The fourth-order valence-corrected chi connectivity index (χ4v) is 4.98. The van der Waals surface area contributed by atoms with E-state index < -0.39 is 5.60 Å². The first-order valence-electron chi connectivity index (χ1n) is 9.32. The second kappa shape index (κ2) is 5.63. The minimum atomic E-state index is -0.461. The summed E-state index contributed by atoms with van der Waals surface area (Å²) in [6, 6.07) is 0. The van der Waals surface area contributed by atoms with Gasteiger partial charge in [0.15, 0.2) is 0 Å². The Morgan fingerprint density at radius 2 is 2.00 bits per heavy atom. The second-order valence-electron chi connectivity index (χ2n) is 9.46. The van der Waals surface area contributed by atoms with Crippen LogP contribution in [-0.2, 0) is 14.0 Å². The largest absolute Gasteiger partial charge is 0.457 e. The molecule has 3 saturated carbocycles. The summed E-state index contributed by atoms with van der Waals surface area (Å²) in [5.41, 5.74) is -0.540. The first kappa shape index (κ1) is 18.1. The molecule has 24 heavy (non-hydrogen) atoms. The molecule has 5 nitrogen and oxygen atoms in total. The van der Waals surface area contributed by atoms with Gasteiger partial charge in [0.25, 0.3) is 0 Å². The molecule has 4 fully saturated rings. The zero-order valence-corrected chi connectivity index (χ0v) is 16.0. The smallest absolute Gasteiger partial charge is 0.444 e. The average Bonchev–Trinajstić information content (AvgIpc) is 2.76. The van der Waals surface area contributed by atoms with Crippen molar-refractivity contribution in [2.45, 2.75) is 90.3 Å². The number of amides is 1. The predicted octanol–water partition coefficient (Wildman–Crippen LogP) is 3.77. The average molecular weight is 337 g/mol. The van der Waals surface area contributed by atoms with E-state index in [1.165, 1.54) is 6.42 Å². The number of rotatable bonds is 4. The Kier molecular flexibility index (Phi) is 4.24. The number of hydrogen-bond donors (Lipinski definition) is 1. The maximum atomic E-state index is 11.7. The van der Waals surface area contributed by atoms with Crippen LogP contribution in [0.2, 0.25) is 6.32 Å². The number of alkyl carbamates (subject to hydrolysis) is 1. The van der Waals surface area contributed by atoms with Crippen LogP contribution in [0.15, 0.2) is 0 Å². The topological polar surface area (TPSA) is 56.8 Å². The fraction of sp³-hybridized carbons (Fsp3) is 0.944. The molecule has 4 rings (SSSR count). The van der Waals surface area contributed by atoms with E-state index in [2.05, 4.69) is 26.1 Å². The van der Waals surface area contributed by atoms with Gasteiger partial charge in [-0.2, -0.15) is 0 Å². The lowest BCUT2D eigenvalue weighted by atomic mass is 9.41. The van der Waals surface area contributed by atoms with E-state index in [1.807, 2.05) is 20.8 Å². The summed E-state index contributed by atoms with van der Waals surface area (Å²) >= 11 is 0. The Morgan fingerprint density at radius 1 is 1.29 bits per heavy atom. The van der Waals surface area contributed by atoms with Crippen molar-refractivity contribution in [3.63, 3.8) is 0 Å². The molecule has 1 saturated heterocycles. The van der Waals surface area contributed by atoms with Crippen molar-refractivity contribution < 1.29 is 18.8 Å². The van der Waals surface area contributed by atoms with Crippen molar-refractivity contribution in [1.82, 2.24) is 5.32 Å². The summed E-state index contributed by atoms with van der Waals surface area (Å²) in [5.74, 6) is 0.766. The highest BCUT2D eigenvalue weighted by atomic mass is 16.7. The van der Waals surface area contributed by atoms with Gasteiger partial charge in [0.2, 0.25) is 0 Å². The molecule has 3 aliphatic carbocycles. The molecule has 0 aromatic rings. The summed E-state index contributed by atoms with van der Waals surface area (Å²) in [6.45, 7) is 13.0. The van der Waals surface area contributed by atoms with Crippen molar-refractivity contribution in [2.75, 3.05) is 6.54 Å². The molecule has 3 atom stereocenters. The van der Waals surface area contributed by atoms with Gasteiger partial charge in [0.05, 0.1) is 11.2 Å². The number of fused-ring (bicyclic) bond motifs is 1. The zero-order chi connectivity index (χ0) is 17.8. The van der Waals surface area contributed by atoms with Crippen LogP contribution in [-0.4, -0.2) is 36.6 Å². The fourth-order valence-electron chi connectivity index (χ4n) is 4.98. The molecule has 0 unspecified atom stereocenters. The number of carbonyl (C=O) groups excluding carboxylic acids is 1. The molecule has 6 heteroatoms. The van der Waals surface area contributed by atoms with Crippen LogP contribution in [0.4, 0.5) is 4.79 Å². The van der Waals surface area contributed by atoms with Crippen LogP contribution in [0.5, 0.6) is 0 Å². The molecular weight excluding hydrogens is 305 g/mol. The molecule has 0 aromatic heterocycles. The van der Waals surface area contributed by atoms with Crippen LogP contribution >= 0.6 is 0 Å². The lowest BCUT2D eigenvalue weighted by Crippen LogP contribution is -2.73. The normalized spacial score (nSPS) is 36.8. The van der Waals surface area contributed by atoms with Crippen LogP contribution in [0, 0.1) is 11.3 Å². The van der Waals surface area contributed by atoms with Gasteiger partial charge in [0.1, 0.15) is 5.60 Å². The Balaban J connectivity index is 1.46. The van der Waals surface area contributed by atoms with Crippen LogP contribution in [0.25, 0.3) is 0 Å². The monoisotopic (exact) mass is 337 g/mol. The Hall–Kier alpha value is -0.745. The van der Waals surface area contributed by atoms with Gasteiger partial charge in [-0.25, -0.2) is 4.79 Å². The van der Waals surface area contributed by atoms with Crippen LogP contribution < -0.4 is 5.32 Å². The minimum Gasteiger partial charge on any atom is -0.444 e. The summed E-state index contributed by atoms with van der Waals surface area (Å²) in [6.07, 6.45) is 4.71. The van der Waals surface area contributed by atoms with E-state index in [0.717, 1.165) is 31.5 Å². The van der Waals surface area contributed by atoms with Crippen LogP contribution in [0.3, 0.4) is 0 Å². The van der Waals surface area contributed by atoms with Crippen molar-refractivity contribution in [3.8, 4) is 0 Å². The van der Waals surface area contributed by atoms with Gasteiger partial charge < -0.3 is 19.4 Å². The van der Waals surface area contributed by atoms with E-state index in [9.17, 15) is 4.79 Å². The quantitative estimate of drug-likeness (QED) is 0.627. The first-order chi connectivity index (χ1) is 11.0. The summed E-state index contributed by atoms with van der Waals surface area (Å²) in [5, 5.41) is 2.80. The molecule has 0 radical (unpaired) electrons. The third kappa shape index (κ3) is 2.76. The molecular formula is C18H32BNO4. The summed E-state index contributed by atoms with van der Waals surface area (Å²) in [4.78, 5) is 11.7. The number of nitrogens with one attached hydrogen (secondary N) is 1. The Labute approximate surface area is 146 Å². The highest BCUT2D eigenvalue weighted by Gasteiger charge is 2.75. The number of hydrogen-bond acceptors (Lipinski definition) is 4. The number of carbonyl (C=O) groups is 1. The zero-order valence-electron chi connectivity index (χ0n) is 16.0. The molecule has 1 aliphatic heterocycles. The molecule has 2 bridgehead atoms. The molecule has 0 aromatic carbocycles. The van der Waals surface area contributed by atoms with Crippen molar-refractivity contribution in [2.24, 2.45) is 11.3 Å². The lowest BCUT2D eigenvalue weighted by Gasteiger charge is -2.69. The molecule has 4 aliphatic rings. The highest BCUT2D eigenvalue weighted by molar-refractivity contribution is 6.45. The van der Waals surface area contributed by atoms with E-state index in [0.29, 0.717) is 6.54 Å². The number of ether oxygens (including phenoxy) is 1. The Morgan fingerprint density at radius 3 is 2.58 bits per heavy atom. The van der Waals surface area contributed by atoms with Crippen molar-refractivity contribution in [1.29, 1.82) is 0 Å². The van der Waals surface area contributed by atoms with Crippen molar-refractivity contribution in [3.05, 3.63) is 0 Å². The standard InChI is InChI=1S/C18H32BNO4/c1-15(2,3)22-14(21)20-11-7-10-19-23-17(6)9-8-13-12-18(17,24-19)16(13,4)5/h13H,7-12H2,1-6H3,(H,20,21)/t13-,17-,18-/m0/s1. The lowest BCUT2D eigenvalue weighted by molar-refractivity contribution is -0.257. The highest BCUT2D eigenvalue weighted by Crippen LogP contribution is 2.70. The molecule has 1 amide bonds. The van der Waals surface area contributed by atoms with Gasteiger partial charge in [-0.3, -0.25) is 0 Å². The third-order valence-electron chi connectivity index (χ3n) is 6.43. The molecule has 1 spiro atoms. The van der Waals surface area contributed by atoms with Gasteiger partial charge >= 0.3 is 13.2 Å². The van der Waals surface area contributed by atoms with Crippen LogP contribution in [0.1, 0.15) is 67.2 Å². The first-order valence-corrected chi connectivity index (χ1v) is 9.32. The maximum absolute atomic E-state index is 11.7. The molecule has 1 heterocycles. The van der Waals surface area contributed by atoms with E-state index in [-0.39, 0.29) is 29.8 Å². The van der Waals surface area contributed by atoms with E-state index in [4.69, 9.17) is 14.0 Å². The van der Waals surface area contributed by atoms with Gasteiger partial charge in [-0.15, -0.1) is 0 Å². The third-order valence-corrected chi connectivity index (χ3v) is 6.43. The van der Waals surface area contributed by atoms with E-state index >= 15 is 0 Å². The summed E-state index contributed by atoms with van der Waals surface area (Å²) in [7, 11) is -0.159. The van der Waals surface area contributed by atoms with E-state index in [1.54, 1.807) is 0 Å².